The smallest absolute Gasteiger partial charge is 0.305 e. The van der Waals surface area contributed by atoms with E-state index in [2.05, 4.69) is 34.8 Å². The monoisotopic (exact) mass is 425 g/mol. The van der Waals surface area contributed by atoms with Crippen LogP contribution in [0.25, 0.3) is 11.3 Å². The van der Waals surface area contributed by atoms with Gasteiger partial charge in [0.2, 0.25) is 5.91 Å². The average molecular weight is 426 g/mol. The summed E-state index contributed by atoms with van der Waals surface area (Å²) < 4.78 is 6.91. The van der Waals surface area contributed by atoms with Crippen LogP contribution in [0.15, 0.2) is 35.7 Å². The van der Waals surface area contributed by atoms with Crippen molar-refractivity contribution in [3.8, 4) is 11.3 Å². The Morgan fingerprint density at radius 2 is 2.00 bits per heavy atom. The molecule has 7 heteroatoms. The van der Waals surface area contributed by atoms with Gasteiger partial charge in [0.1, 0.15) is 5.01 Å². The predicted molar refractivity (Wildman–Crippen MR) is 120 cm³/mol. The van der Waals surface area contributed by atoms with Crippen molar-refractivity contribution in [1.29, 1.82) is 0 Å². The summed E-state index contributed by atoms with van der Waals surface area (Å²) in [7, 11) is 1.41. The number of thiazole rings is 1. The number of carbonyl (C=O) groups excluding carboxylic acids is 2. The molecule has 3 rings (SSSR count). The van der Waals surface area contributed by atoms with Crippen LogP contribution in [0.3, 0.4) is 0 Å². The van der Waals surface area contributed by atoms with Crippen LogP contribution in [-0.4, -0.2) is 28.5 Å². The van der Waals surface area contributed by atoms with Crippen molar-refractivity contribution in [1.82, 2.24) is 9.55 Å². The van der Waals surface area contributed by atoms with Gasteiger partial charge < -0.3 is 14.6 Å². The van der Waals surface area contributed by atoms with Gasteiger partial charge in [0.25, 0.3) is 0 Å². The molecule has 0 atom stereocenters. The summed E-state index contributed by atoms with van der Waals surface area (Å²) in [5.41, 5.74) is 6.08. The Hall–Kier alpha value is -2.93. The fraction of sp³-hybridized carbons (Fsp3) is 0.348. The highest BCUT2D eigenvalue weighted by molar-refractivity contribution is 7.10. The highest BCUT2D eigenvalue weighted by atomic mass is 32.1. The molecule has 0 saturated carbocycles. The molecule has 0 aliphatic heterocycles. The van der Waals surface area contributed by atoms with Crippen LogP contribution < -0.4 is 5.32 Å². The maximum absolute atomic E-state index is 12.4. The molecule has 30 heavy (non-hydrogen) atoms. The summed E-state index contributed by atoms with van der Waals surface area (Å²) in [6, 6.07) is 9.86. The number of anilines is 1. The van der Waals surface area contributed by atoms with Crippen molar-refractivity contribution >= 4 is 28.9 Å². The van der Waals surface area contributed by atoms with Crippen LogP contribution in [0.4, 0.5) is 5.69 Å². The number of aryl methyl sites for hydroxylation is 2. The van der Waals surface area contributed by atoms with E-state index in [0.29, 0.717) is 6.42 Å². The minimum Gasteiger partial charge on any atom is -0.469 e. The Morgan fingerprint density at radius 3 is 2.73 bits per heavy atom. The molecule has 0 fully saturated rings. The summed E-state index contributed by atoms with van der Waals surface area (Å²) in [5.74, 6) is -0.263. The van der Waals surface area contributed by atoms with Crippen molar-refractivity contribution in [3.63, 3.8) is 0 Å². The minimum atomic E-state index is -0.189. The number of benzene rings is 1. The molecule has 1 amide bonds. The Labute approximate surface area is 180 Å². The first-order chi connectivity index (χ1) is 14.4. The van der Waals surface area contributed by atoms with Crippen molar-refractivity contribution in [3.05, 3.63) is 57.7 Å². The van der Waals surface area contributed by atoms with Crippen LogP contribution in [0.1, 0.15) is 34.8 Å². The molecule has 2 heterocycles. The second kappa shape index (κ2) is 9.71. The zero-order valence-electron chi connectivity index (χ0n) is 17.8. The zero-order valence-corrected chi connectivity index (χ0v) is 18.6. The topological polar surface area (TPSA) is 73.2 Å². The molecule has 158 valence electrons. The van der Waals surface area contributed by atoms with Gasteiger partial charge in [-0.3, -0.25) is 9.59 Å². The van der Waals surface area contributed by atoms with Gasteiger partial charge in [-0.25, -0.2) is 4.98 Å². The lowest BCUT2D eigenvalue weighted by molar-refractivity contribution is -0.140. The van der Waals surface area contributed by atoms with Gasteiger partial charge in [0, 0.05) is 41.0 Å². The van der Waals surface area contributed by atoms with Crippen LogP contribution in [0.2, 0.25) is 0 Å². The van der Waals surface area contributed by atoms with E-state index >= 15 is 0 Å². The van der Waals surface area contributed by atoms with Gasteiger partial charge in [0.15, 0.2) is 0 Å². The summed E-state index contributed by atoms with van der Waals surface area (Å²) in [6.45, 7) is 6.86. The third-order valence-electron chi connectivity index (χ3n) is 5.01. The number of hydrogen-bond donors (Lipinski definition) is 1. The summed E-state index contributed by atoms with van der Waals surface area (Å²) >= 11 is 1.49. The van der Waals surface area contributed by atoms with Crippen molar-refractivity contribution in [2.24, 2.45) is 0 Å². The van der Waals surface area contributed by atoms with Crippen molar-refractivity contribution < 1.29 is 14.3 Å². The van der Waals surface area contributed by atoms with Crippen LogP contribution in [0.5, 0.6) is 0 Å². The molecule has 3 aromatic rings. The lowest BCUT2D eigenvalue weighted by atomic mass is 10.2. The molecule has 1 aromatic carbocycles. The number of nitrogens with zero attached hydrogens (tertiary/aromatic N) is 2. The molecule has 0 radical (unpaired) electrons. The van der Waals surface area contributed by atoms with E-state index in [4.69, 9.17) is 4.74 Å². The Morgan fingerprint density at radius 1 is 1.20 bits per heavy atom. The molecule has 0 aliphatic rings. The molecule has 1 N–H and O–H groups in total. The van der Waals surface area contributed by atoms with Crippen LogP contribution in [-0.2, 0) is 27.3 Å². The number of hydrogen-bond acceptors (Lipinski definition) is 5. The molecule has 0 bridgehead atoms. The maximum Gasteiger partial charge on any atom is 0.305 e. The standard InChI is InChI=1S/C23H27N3O3S/c1-15-7-5-8-18(11-15)24-21(27)13-22-25-20(14-30-22)19-12-16(2)26(17(19)3)10-6-9-23(28)29-4/h5,7-8,11-12,14H,6,9-10,13H2,1-4H3,(H,24,27). The number of ether oxygens (including phenoxy) is 1. The molecule has 0 saturated heterocycles. The number of carbonyl (C=O) groups is 2. The second-order valence-corrected chi connectivity index (χ2v) is 8.28. The quantitative estimate of drug-likeness (QED) is 0.532. The number of esters is 1. The predicted octanol–water partition coefficient (Wildman–Crippen LogP) is 4.67. The lowest BCUT2D eigenvalue weighted by Crippen LogP contribution is -2.14. The summed E-state index contributed by atoms with van der Waals surface area (Å²) in [5, 5.41) is 5.71. The molecule has 2 aromatic heterocycles. The van der Waals surface area contributed by atoms with E-state index in [1.165, 1.54) is 18.4 Å². The van der Waals surface area contributed by atoms with Gasteiger partial charge in [-0.1, -0.05) is 12.1 Å². The Bertz CT molecular complexity index is 1050. The van der Waals surface area contributed by atoms with Gasteiger partial charge in [0.05, 0.1) is 19.2 Å². The molecular formula is C23H27N3O3S. The minimum absolute atomic E-state index is 0.0743. The van der Waals surface area contributed by atoms with E-state index in [0.717, 1.165) is 51.9 Å². The molecule has 0 spiro atoms. The van der Waals surface area contributed by atoms with Crippen molar-refractivity contribution in [2.75, 3.05) is 12.4 Å². The summed E-state index contributed by atoms with van der Waals surface area (Å²) in [4.78, 5) is 28.4. The first-order valence-corrected chi connectivity index (χ1v) is 10.8. The Kier molecular flexibility index (Phi) is 7.05. The van der Waals surface area contributed by atoms with E-state index in [-0.39, 0.29) is 18.3 Å². The molecule has 0 unspecified atom stereocenters. The van der Waals surface area contributed by atoms with Gasteiger partial charge in [-0.2, -0.15) is 0 Å². The molecule has 0 aliphatic carbocycles. The number of amides is 1. The van der Waals surface area contributed by atoms with Crippen LogP contribution in [0, 0.1) is 20.8 Å². The fourth-order valence-corrected chi connectivity index (χ4v) is 4.26. The van der Waals surface area contributed by atoms with E-state index < -0.39 is 0 Å². The van der Waals surface area contributed by atoms with Crippen molar-refractivity contribution in [2.45, 2.75) is 46.6 Å². The van der Waals surface area contributed by atoms with Gasteiger partial charge in [-0.15, -0.1) is 11.3 Å². The summed E-state index contributed by atoms with van der Waals surface area (Å²) in [6.07, 6.45) is 1.38. The normalized spacial score (nSPS) is 10.8. The van der Waals surface area contributed by atoms with E-state index in [9.17, 15) is 9.59 Å². The SMILES string of the molecule is COC(=O)CCCn1c(C)cc(-c2csc(CC(=O)Nc3cccc(C)c3)n2)c1C. The number of aromatic nitrogens is 2. The first-order valence-electron chi connectivity index (χ1n) is 9.92. The number of methoxy groups -OCH3 is 1. The highest BCUT2D eigenvalue weighted by Gasteiger charge is 2.15. The number of nitrogens with one attached hydrogen (secondary N) is 1. The Balaban J connectivity index is 1.66. The zero-order chi connectivity index (χ0) is 21.7. The van der Waals surface area contributed by atoms with E-state index in [1.54, 1.807) is 0 Å². The van der Waals surface area contributed by atoms with Gasteiger partial charge >= 0.3 is 5.97 Å². The third kappa shape index (κ3) is 5.36. The lowest BCUT2D eigenvalue weighted by Gasteiger charge is -2.09. The van der Waals surface area contributed by atoms with Gasteiger partial charge in [-0.05, 0) is 51.0 Å². The fourth-order valence-electron chi connectivity index (χ4n) is 3.47. The van der Waals surface area contributed by atoms with Crippen LogP contribution >= 0.6 is 11.3 Å². The average Bonchev–Trinajstić information content (AvgIpc) is 3.26. The second-order valence-electron chi connectivity index (χ2n) is 7.34. The highest BCUT2D eigenvalue weighted by Crippen LogP contribution is 2.28. The van der Waals surface area contributed by atoms with E-state index in [1.807, 2.05) is 36.6 Å². The first kappa shape index (κ1) is 21.8. The maximum atomic E-state index is 12.4. The molecular weight excluding hydrogens is 398 g/mol. The molecule has 6 nitrogen and oxygen atoms in total. The third-order valence-corrected chi connectivity index (χ3v) is 5.85. The number of rotatable bonds is 8. The largest absolute Gasteiger partial charge is 0.469 e.